The van der Waals surface area contributed by atoms with Crippen molar-refractivity contribution in [2.24, 2.45) is 11.8 Å². The van der Waals surface area contributed by atoms with Crippen molar-refractivity contribution < 1.29 is 38.7 Å². The van der Waals surface area contributed by atoms with Gasteiger partial charge in [-0.25, -0.2) is 0 Å². The molecular weight excluding hydrogens is 536 g/mol. The molecule has 3 aromatic carbocycles. The number of ether oxygens (including phenoxy) is 4. The Morgan fingerprint density at radius 2 is 1.24 bits per heavy atom. The third kappa shape index (κ3) is 6.66. The maximum Gasteiger partial charge on any atom is 0.161 e. The van der Waals surface area contributed by atoms with E-state index in [1.165, 1.54) is 38.5 Å². The van der Waals surface area contributed by atoms with Crippen molar-refractivity contribution in [3.8, 4) is 34.5 Å². The van der Waals surface area contributed by atoms with Crippen LogP contribution in [0.4, 0.5) is 0 Å². The predicted octanol–water partition coefficient (Wildman–Crippen LogP) is 5.97. The Morgan fingerprint density at radius 1 is 0.690 bits per heavy atom. The normalized spacial score (nSPS) is 18.2. The second-order valence-electron chi connectivity index (χ2n) is 9.77. The highest BCUT2D eigenvalue weighted by atomic mass is 16.5. The Labute approximate surface area is 245 Å². The number of ketones is 2. The van der Waals surface area contributed by atoms with Gasteiger partial charge in [0.05, 0.1) is 28.4 Å². The Kier molecular flexibility index (Phi) is 9.70. The molecule has 4 rings (SSSR count). The molecule has 0 radical (unpaired) electrons. The third-order valence-corrected chi connectivity index (χ3v) is 7.33. The molecular formula is C34H34O8. The van der Waals surface area contributed by atoms with Gasteiger partial charge in [0.15, 0.2) is 46.1 Å². The second kappa shape index (κ2) is 13.6. The van der Waals surface area contributed by atoms with Crippen LogP contribution in [0.15, 0.2) is 78.9 Å². The second-order valence-corrected chi connectivity index (χ2v) is 9.77. The molecule has 0 heterocycles. The molecule has 0 saturated heterocycles. The fourth-order valence-corrected chi connectivity index (χ4v) is 5.12. The number of allylic oxidation sites excluding steroid dienone is 4. The van der Waals surface area contributed by atoms with Gasteiger partial charge in [-0.2, -0.15) is 0 Å². The molecule has 1 aliphatic carbocycles. The first kappa shape index (κ1) is 30.0. The van der Waals surface area contributed by atoms with Gasteiger partial charge in [0.2, 0.25) is 0 Å². The van der Waals surface area contributed by atoms with Gasteiger partial charge in [0.25, 0.3) is 0 Å². The highest BCUT2D eigenvalue weighted by molar-refractivity contribution is 6.03. The van der Waals surface area contributed by atoms with Crippen LogP contribution in [-0.2, 0) is 9.59 Å². The van der Waals surface area contributed by atoms with Gasteiger partial charge < -0.3 is 29.2 Å². The van der Waals surface area contributed by atoms with E-state index >= 15 is 0 Å². The van der Waals surface area contributed by atoms with Crippen LogP contribution >= 0.6 is 0 Å². The van der Waals surface area contributed by atoms with Crippen LogP contribution in [0.2, 0.25) is 0 Å². The minimum absolute atomic E-state index is 0.000137. The molecule has 0 aliphatic heterocycles. The van der Waals surface area contributed by atoms with Crippen LogP contribution in [0.5, 0.6) is 34.5 Å². The van der Waals surface area contributed by atoms with E-state index in [0.717, 1.165) is 5.56 Å². The number of methoxy groups -OCH3 is 4. The molecule has 2 N–H and O–H groups in total. The number of hydrogen-bond acceptors (Lipinski definition) is 8. The number of phenolic OH excluding ortho intramolecular Hbond substituents is 2. The Hall–Kier alpha value is -4.98. The highest BCUT2D eigenvalue weighted by Crippen LogP contribution is 2.42. The molecule has 8 heteroatoms. The van der Waals surface area contributed by atoms with Gasteiger partial charge in [-0.05, 0) is 71.7 Å². The first-order valence-corrected chi connectivity index (χ1v) is 13.4. The monoisotopic (exact) mass is 570 g/mol. The van der Waals surface area contributed by atoms with Crippen LogP contribution in [0.25, 0.3) is 12.2 Å². The van der Waals surface area contributed by atoms with E-state index in [1.807, 2.05) is 24.3 Å². The zero-order chi connectivity index (χ0) is 30.2. The van der Waals surface area contributed by atoms with E-state index in [-0.39, 0.29) is 28.8 Å². The van der Waals surface area contributed by atoms with Crippen molar-refractivity contribution in [1.29, 1.82) is 0 Å². The summed E-state index contributed by atoms with van der Waals surface area (Å²) in [4.78, 5) is 27.5. The van der Waals surface area contributed by atoms with Crippen LogP contribution in [0.3, 0.4) is 0 Å². The zero-order valence-corrected chi connectivity index (χ0v) is 23.9. The summed E-state index contributed by atoms with van der Waals surface area (Å²) in [6, 6.07) is 15.1. The topological polar surface area (TPSA) is 112 Å². The van der Waals surface area contributed by atoms with Gasteiger partial charge in [0.1, 0.15) is 0 Å². The molecule has 1 aliphatic rings. The Morgan fingerprint density at radius 3 is 1.79 bits per heavy atom. The van der Waals surface area contributed by atoms with E-state index in [2.05, 4.69) is 0 Å². The lowest BCUT2D eigenvalue weighted by atomic mass is 9.69. The molecule has 3 aromatic rings. The number of hydrogen-bond donors (Lipinski definition) is 2. The van der Waals surface area contributed by atoms with Crippen LogP contribution in [0.1, 0.15) is 29.0 Å². The molecule has 0 amide bonds. The fourth-order valence-electron chi connectivity index (χ4n) is 5.12. The Bertz CT molecular complexity index is 1530. The lowest BCUT2D eigenvalue weighted by molar-refractivity contribution is -0.127. The summed E-state index contributed by atoms with van der Waals surface area (Å²) in [7, 11) is 6.01. The largest absolute Gasteiger partial charge is 0.504 e. The molecule has 0 fully saturated rings. The molecule has 0 aromatic heterocycles. The maximum atomic E-state index is 13.9. The standard InChI is InChI=1S/C34H34O8/c1-39-30-17-12-23(20-33(30)42-4)24-6-5-7-25(26(35)13-8-21-9-14-27(36)31(18-21)40-2)34(24)29(38)16-11-22-10-15-28(37)32(19-22)41-3/h5-6,8-20,24-25,34,36-37H,7H2,1-4H3/b13-8+,16-11+. The average Bonchev–Trinajstić information content (AvgIpc) is 3.02. The van der Waals surface area contributed by atoms with Crippen LogP contribution in [0, 0.1) is 11.8 Å². The average molecular weight is 571 g/mol. The van der Waals surface area contributed by atoms with Crippen molar-refractivity contribution in [3.63, 3.8) is 0 Å². The van der Waals surface area contributed by atoms with Gasteiger partial charge in [-0.1, -0.05) is 42.5 Å². The minimum atomic E-state index is -0.699. The van der Waals surface area contributed by atoms with Crippen molar-refractivity contribution in [2.45, 2.75) is 12.3 Å². The molecule has 3 unspecified atom stereocenters. The maximum absolute atomic E-state index is 13.9. The summed E-state index contributed by atoms with van der Waals surface area (Å²) in [5.41, 5.74) is 2.15. The number of carbonyl (C=O) groups is 2. The van der Waals surface area contributed by atoms with Gasteiger partial charge in [0, 0.05) is 17.8 Å². The summed E-state index contributed by atoms with van der Waals surface area (Å²) in [6.45, 7) is 0. The predicted molar refractivity (Wildman–Crippen MR) is 160 cm³/mol. The van der Waals surface area contributed by atoms with Crippen LogP contribution in [-0.4, -0.2) is 50.2 Å². The minimum Gasteiger partial charge on any atom is -0.504 e. The molecule has 0 saturated carbocycles. The SMILES string of the molecule is COc1cc(/C=C/C(=O)C2CC=CC(c3ccc(OC)c(OC)c3)C2C(=O)/C=C/c2ccc(O)c(OC)c2)ccc1O. The van der Waals surface area contributed by atoms with E-state index in [9.17, 15) is 19.8 Å². The smallest absolute Gasteiger partial charge is 0.161 e. The number of rotatable bonds is 11. The van der Waals surface area contributed by atoms with E-state index in [4.69, 9.17) is 18.9 Å². The summed E-state index contributed by atoms with van der Waals surface area (Å²) in [6.07, 6.45) is 10.5. The van der Waals surface area contributed by atoms with Crippen LogP contribution < -0.4 is 18.9 Å². The number of aromatic hydroxyl groups is 2. The third-order valence-electron chi connectivity index (χ3n) is 7.33. The Balaban J connectivity index is 1.70. The lowest BCUT2D eigenvalue weighted by Crippen LogP contribution is -2.34. The lowest BCUT2D eigenvalue weighted by Gasteiger charge is -2.32. The van der Waals surface area contributed by atoms with E-state index < -0.39 is 17.8 Å². The van der Waals surface area contributed by atoms with Crippen molar-refractivity contribution >= 4 is 23.7 Å². The molecule has 42 heavy (non-hydrogen) atoms. The van der Waals surface area contributed by atoms with E-state index in [0.29, 0.717) is 34.8 Å². The van der Waals surface area contributed by atoms with Gasteiger partial charge in [-0.15, -0.1) is 0 Å². The van der Waals surface area contributed by atoms with Crippen molar-refractivity contribution in [2.75, 3.05) is 28.4 Å². The van der Waals surface area contributed by atoms with Gasteiger partial charge in [-0.3, -0.25) is 9.59 Å². The first-order chi connectivity index (χ1) is 20.3. The molecule has 0 spiro atoms. The van der Waals surface area contributed by atoms with Gasteiger partial charge >= 0.3 is 0 Å². The molecule has 8 nitrogen and oxygen atoms in total. The fraction of sp³-hybridized carbons (Fsp3) is 0.235. The van der Waals surface area contributed by atoms with Crippen molar-refractivity contribution in [1.82, 2.24) is 0 Å². The number of benzene rings is 3. The van der Waals surface area contributed by atoms with Crippen molar-refractivity contribution in [3.05, 3.63) is 95.6 Å². The summed E-state index contributed by atoms with van der Waals surface area (Å²) in [5.74, 6) is -0.485. The summed E-state index contributed by atoms with van der Waals surface area (Å²) in [5, 5.41) is 19.8. The number of carbonyl (C=O) groups excluding carboxylic acids is 2. The molecule has 218 valence electrons. The molecule has 3 atom stereocenters. The zero-order valence-electron chi connectivity index (χ0n) is 23.9. The molecule has 0 bridgehead atoms. The van der Waals surface area contributed by atoms with E-state index in [1.54, 1.807) is 56.7 Å². The number of phenols is 2. The first-order valence-electron chi connectivity index (χ1n) is 13.4. The summed E-state index contributed by atoms with van der Waals surface area (Å²) < 4.78 is 21.2. The highest BCUT2D eigenvalue weighted by Gasteiger charge is 2.39. The quantitative estimate of drug-likeness (QED) is 0.214. The summed E-state index contributed by atoms with van der Waals surface area (Å²) >= 11 is 0.